The molecule has 1 fully saturated rings. The summed E-state index contributed by atoms with van der Waals surface area (Å²) in [4.78, 5) is 2.34. The Morgan fingerprint density at radius 3 is 2.57 bits per heavy atom. The molecular formula is C17H17BrFNO. The molecule has 3 rings (SSSR count). The van der Waals surface area contributed by atoms with Crippen molar-refractivity contribution in [2.75, 3.05) is 26.3 Å². The Kier molecular flexibility index (Phi) is 4.68. The first-order valence-electron chi connectivity index (χ1n) is 7.07. The fraction of sp³-hybridized carbons (Fsp3) is 0.294. The number of hydrogen-bond acceptors (Lipinski definition) is 2. The highest BCUT2D eigenvalue weighted by atomic mass is 79.9. The summed E-state index contributed by atoms with van der Waals surface area (Å²) in [6, 6.07) is 13.0. The summed E-state index contributed by atoms with van der Waals surface area (Å²) >= 11 is 3.52. The minimum absolute atomic E-state index is 0.178. The Morgan fingerprint density at radius 2 is 1.81 bits per heavy atom. The minimum atomic E-state index is -0.178. The van der Waals surface area contributed by atoms with Crippen molar-refractivity contribution in [1.82, 2.24) is 4.90 Å². The molecule has 0 atom stereocenters. The quantitative estimate of drug-likeness (QED) is 0.827. The average Bonchev–Trinajstić information content (AvgIpc) is 2.50. The summed E-state index contributed by atoms with van der Waals surface area (Å²) in [5.41, 5.74) is 2.76. The maximum Gasteiger partial charge on any atom is 0.131 e. The number of rotatable bonds is 3. The normalized spacial score (nSPS) is 16.1. The Bertz CT molecular complexity index is 626. The second-order valence-corrected chi connectivity index (χ2v) is 6.09. The first-order chi connectivity index (χ1) is 10.2. The predicted octanol–water partition coefficient (Wildman–Crippen LogP) is 4.09. The molecule has 1 aliphatic heterocycles. The van der Waals surface area contributed by atoms with E-state index in [1.165, 1.54) is 6.07 Å². The van der Waals surface area contributed by atoms with Crippen LogP contribution in [0.1, 0.15) is 5.56 Å². The van der Waals surface area contributed by atoms with Gasteiger partial charge in [-0.2, -0.15) is 0 Å². The molecule has 1 heterocycles. The molecule has 2 nitrogen and oxygen atoms in total. The van der Waals surface area contributed by atoms with Crippen LogP contribution in [-0.4, -0.2) is 31.2 Å². The number of hydrogen-bond donors (Lipinski definition) is 0. The van der Waals surface area contributed by atoms with Gasteiger partial charge in [-0.3, -0.25) is 4.90 Å². The lowest BCUT2D eigenvalue weighted by Crippen LogP contribution is -2.35. The van der Waals surface area contributed by atoms with Gasteiger partial charge in [-0.25, -0.2) is 4.39 Å². The summed E-state index contributed by atoms with van der Waals surface area (Å²) in [7, 11) is 0. The zero-order chi connectivity index (χ0) is 14.7. The maximum atomic E-state index is 14.1. The van der Waals surface area contributed by atoms with E-state index < -0.39 is 0 Å². The Labute approximate surface area is 132 Å². The zero-order valence-electron chi connectivity index (χ0n) is 11.7. The minimum Gasteiger partial charge on any atom is -0.379 e. The topological polar surface area (TPSA) is 12.5 Å². The van der Waals surface area contributed by atoms with Gasteiger partial charge in [0, 0.05) is 29.7 Å². The van der Waals surface area contributed by atoms with Crippen LogP contribution in [0.15, 0.2) is 46.9 Å². The third-order valence-corrected chi connectivity index (χ3v) is 4.22. The van der Waals surface area contributed by atoms with Gasteiger partial charge >= 0.3 is 0 Å². The van der Waals surface area contributed by atoms with Crippen LogP contribution in [0.5, 0.6) is 0 Å². The van der Waals surface area contributed by atoms with Crippen LogP contribution < -0.4 is 0 Å². The van der Waals surface area contributed by atoms with Gasteiger partial charge in [0.1, 0.15) is 5.82 Å². The summed E-state index contributed by atoms with van der Waals surface area (Å²) in [6.07, 6.45) is 0. The lowest BCUT2D eigenvalue weighted by atomic mass is 9.99. The van der Waals surface area contributed by atoms with Gasteiger partial charge in [-0.15, -0.1) is 0 Å². The number of nitrogens with zero attached hydrogens (tertiary/aromatic N) is 1. The van der Waals surface area contributed by atoms with Gasteiger partial charge in [0.25, 0.3) is 0 Å². The van der Waals surface area contributed by atoms with Gasteiger partial charge in [-0.05, 0) is 29.3 Å². The van der Waals surface area contributed by atoms with E-state index in [0.717, 1.165) is 48.4 Å². The van der Waals surface area contributed by atoms with Crippen LogP contribution in [0.3, 0.4) is 0 Å². The van der Waals surface area contributed by atoms with Crippen LogP contribution >= 0.6 is 15.9 Å². The molecule has 0 radical (unpaired) electrons. The molecular weight excluding hydrogens is 333 g/mol. The Balaban J connectivity index is 1.95. The molecule has 110 valence electrons. The fourth-order valence-electron chi connectivity index (χ4n) is 2.64. The zero-order valence-corrected chi connectivity index (χ0v) is 13.3. The molecule has 0 N–H and O–H groups in total. The SMILES string of the molecule is Fc1ccccc1-c1ccc(Br)cc1CN1CCOCC1. The van der Waals surface area contributed by atoms with Gasteiger partial charge in [0.2, 0.25) is 0 Å². The molecule has 0 aromatic heterocycles. The highest BCUT2D eigenvalue weighted by molar-refractivity contribution is 9.10. The van der Waals surface area contributed by atoms with E-state index in [1.54, 1.807) is 6.07 Å². The largest absolute Gasteiger partial charge is 0.379 e. The summed E-state index contributed by atoms with van der Waals surface area (Å²) < 4.78 is 20.5. The molecule has 0 spiro atoms. The van der Waals surface area contributed by atoms with E-state index >= 15 is 0 Å². The van der Waals surface area contributed by atoms with Crippen molar-refractivity contribution in [2.24, 2.45) is 0 Å². The number of ether oxygens (including phenoxy) is 1. The van der Waals surface area contributed by atoms with E-state index in [4.69, 9.17) is 4.74 Å². The van der Waals surface area contributed by atoms with Crippen molar-refractivity contribution in [3.63, 3.8) is 0 Å². The summed E-state index contributed by atoms with van der Waals surface area (Å²) in [5, 5.41) is 0. The number of benzene rings is 2. The maximum absolute atomic E-state index is 14.1. The van der Waals surface area contributed by atoms with Crippen molar-refractivity contribution in [3.05, 3.63) is 58.3 Å². The van der Waals surface area contributed by atoms with E-state index in [0.29, 0.717) is 5.56 Å². The van der Waals surface area contributed by atoms with E-state index in [-0.39, 0.29) is 5.82 Å². The van der Waals surface area contributed by atoms with Gasteiger partial charge in [0.15, 0.2) is 0 Å². The van der Waals surface area contributed by atoms with Crippen LogP contribution in [0.4, 0.5) is 4.39 Å². The summed E-state index contributed by atoms with van der Waals surface area (Å²) in [5.74, 6) is -0.178. The van der Waals surface area contributed by atoms with E-state index in [1.807, 2.05) is 24.3 Å². The van der Waals surface area contributed by atoms with E-state index in [2.05, 4.69) is 26.9 Å². The molecule has 0 amide bonds. The summed E-state index contributed by atoms with van der Waals surface area (Å²) in [6.45, 7) is 4.19. The predicted molar refractivity (Wildman–Crippen MR) is 85.6 cm³/mol. The third kappa shape index (κ3) is 3.51. The second-order valence-electron chi connectivity index (χ2n) is 5.17. The first-order valence-corrected chi connectivity index (χ1v) is 7.87. The Morgan fingerprint density at radius 1 is 1.05 bits per heavy atom. The van der Waals surface area contributed by atoms with Crippen molar-refractivity contribution < 1.29 is 9.13 Å². The highest BCUT2D eigenvalue weighted by Gasteiger charge is 2.15. The second kappa shape index (κ2) is 6.69. The third-order valence-electron chi connectivity index (χ3n) is 3.73. The van der Waals surface area contributed by atoms with Crippen molar-refractivity contribution in [1.29, 1.82) is 0 Å². The van der Waals surface area contributed by atoms with Crippen LogP contribution in [-0.2, 0) is 11.3 Å². The van der Waals surface area contributed by atoms with E-state index in [9.17, 15) is 4.39 Å². The lowest BCUT2D eigenvalue weighted by molar-refractivity contribution is 0.0342. The number of halogens is 2. The molecule has 1 saturated heterocycles. The van der Waals surface area contributed by atoms with Crippen LogP contribution in [0.25, 0.3) is 11.1 Å². The molecule has 21 heavy (non-hydrogen) atoms. The molecule has 1 aliphatic rings. The van der Waals surface area contributed by atoms with Gasteiger partial charge in [0.05, 0.1) is 13.2 Å². The Hall–Kier alpha value is -1.23. The molecule has 0 bridgehead atoms. The van der Waals surface area contributed by atoms with Crippen LogP contribution in [0, 0.1) is 5.82 Å². The first kappa shape index (κ1) is 14.7. The van der Waals surface area contributed by atoms with Gasteiger partial charge < -0.3 is 4.74 Å². The van der Waals surface area contributed by atoms with Crippen molar-refractivity contribution in [3.8, 4) is 11.1 Å². The average molecular weight is 350 g/mol. The molecule has 0 unspecified atom stereocenters. The van der Waals surface area contributed by atoms with Crippen molar-refractivity contribution >= 4 is 15.9 Å². The fourth-order valence-corrected chi connectivity index (χ4v) is 3.04. The smallest absolute Gasteiger partial charge is 0.131 e. The lowest BCUT2D eigenvalue weighted by Gasteiger charge is -2.27. The monoisotopic (exact) mass is 349 g/mol. The molecule has 4 heteroatoms. The number of morpholine rings is 1. The molecule has 0 aliphatic carbocycles. The van der Waals surface area contributed by atoms with Crippen molar-refractivity contribution in [2.45, 2.75) is 6.54 Å². The highest BCUT2D eigenvalue weighted by Crippen LogP contribution is 2.29. The van der Waals surface area contributed by atoms with Crippen LogP contribution in [0.2, 0.25) is 0 Å². The van der Waals surface area contributed by atoms with Gasteiger partial charge in [-0.1, -0.05) is 40.2 Å². The molecule has 0 saturated carbocycles. The molecule has 2 aromatic rings. The molecule has 2 aromatic carbocycles. The standard InChI is InChI=1S/C17H17BrFNO/c18-14-5-6-15(16-3-1-2-4-17(16)19)13(11-14)12-20-7-9-21-10-8-20/h1-6,11H,7-10,12H2.